The topological polar surface area (TPSA) is 46.7 Å². The van der Waals surface area contributed by atoms with Gasteiger partial charge in [0.05, 0.1) is 6.54 Å². The predicted molar refractivity (Wildman–Crippen MR) is 97.2 cm³/mol. The zero-order valence-electron chi connectivity index (χ0n) is 15.0. The van der Waals surface area contributed by atoms with E-state index >= 15 is 0 Å². The lowest BCUT2D eigenvalue weighted by atomic mass is 10.2. The molecule has 1 aromatic heterocycles. The summed E-state index contributed by atoms with van der Waals surface area (Å²) in [5.74, 6) is 0.711. The van der Waals surface area contributed by atoms with Crippen LogP contribution in [0, 0.1) is 0 Å². The van der Waals surface area contributed by atoms with Gasteiger partial charge in [0.15, 0.2) is 5.96 Å². The molecule has 0 spiro atoms. The SMILES string of the molecule is CN=C(NCc1cc2ccccc2[nH]1)N1CCN(C(C)C(F)(F)F)CC1. The number of nitrogens with one attached hydrogen (secondary N) is 2. The monoisotopic (exact) mass is 367 g/mol. The molecule has 5 nitrogen and oxygen atoms in total. The number of aromatic amines is 1. The lowest BCUT2D eigenvalue weighted by Gasteiger charge is -2.39. The van der Waals surface area contributed by atoms with Crippen molar-refractivity contribution in [2.75, 3.05) is 33.2 Å². The van der Waals surface area contributed by atoms with Gasteiger partial charge < -0.3 is 15.2 Å². The fourth-order valence-electron chi connectivity index (χ4n) is 3.26. The molecule has 1 aromatic carbocycles. The first kappa shape index (κ1) is 18.6. The number of aromatic nitrogens is 1. The molecule has 0 aliphatic carbocycles. The third-order valence-electron chi connectivity index (χ3n) is 4.87. The van der Waals surface area contributed by atoms with Crippen molar-refractivity contribution >= 4 is 16.9 Å². The summed E-state index contributed by atoms with van der Waals surface area (Å²) < 4.78 is 38.6. The molecule has 0 bridgehead atoms. The minimum atomic E-state index is -4.18. The van der Waals surface area contributed by atoms with E-state index in [1.54, 1.807) is 7.05 Å². The number of hydrogen-bond acceptors (Lipinski definition) is 2. The molecule has 1 aliphatic rings. The van der Waals surface area contributed by atoms with Crippen LogP contribution in [0.2, 0.25) is 0 Å². The van der Waals surface area contributed by atoms with Crippen molar-refractivity contribution in [2.45, 2.75) is 25.7 Å². The first-order valence-electron chi connectivity index (χ1n) is 8.71. The van der Waals surface area contributed by atoms with Crippen LogP contribution in [0.15, 0.2) is 35.3 Å². The summed E-state index contributed by atoms with van der Waals surface area (Å²) in [5.41, 5.74) is 2.12. The Labute approximate surface area is 150 Å². The number of H-pyrrole nitrogens is 1. The Bertz CT molecular complexity index is 727. The van der Waals surface area contributed by atoms with E-state index in [1.807, 2.05) is 29.2 Å². The van der Waals surface area contributed by atoms with E-state index in [2.05, 4.69) is 21.4 Å². The van der Waals surface area contributed by atoms with Crippen LogP contribution in [0.25, 0.3) is 10.9 Å². The van der Waals surface area contributed by atoms with Crippen LogP contribution in [0.5, 0.6) is 0 Å². The molecule has 142 valence electrons. The zero-order valence-corrected chi connectivity index (χ0v) is 15.0. The second kappa shape index (κ2) is 7.57. The number of halogens is 3. The average molecular weight is 367 g/mol. The van der Waals surface area contributed by atoms with Gasteiger partial charge in [0.25, 0.3) is 0 Å². The summed E-state index contributed by atoms with van der Waals surface area (Å²) in [6.45, 7) is 3.58. The van der Waals surface area contributed by atoms with Crippen LogP contribution in [0.1, 0.15) is 12.6 Å². The smallest absolute Gasteiger partial charge is 0.357 e. The molecule has 1 aliphatic heterocycles. The Kier molecular flexibility index (Phi) is 5.41. The van der Waals surface area contributed by atoms with Crippen LogP contribution in [0.4, 0.5) is 13.2 Å². The third kappa shape index (κ3) is 4.12. The second-order valence-corrected chi connectivity index (χ2v) is 6.52. The highest BCUT2D eigenvalue weighted by Crippen LogP contribution is 2.25. The molecule has 26 heavy (non-hydrogen) atoms. The number of piperazine rings is 1. The summed E-state index contributed by atoms with van der Waals surface area (Å²) in [7, 11) is 1.69. The Morgan fingerprint density at radius 2 is 1.92 bits per heavy atom. The highest BCUT2D eigenvalue weighted by atomic mass is 19.4. The summed E-state index contributed by atoms with van der Waals surface area (Å²) in [4.78, 5) is 11.1. The molecule has 1 saturated heterocycles. The zero-order chi connectivity index (χ0) is 18.7. The van der Waals surface area contributed by atoms with Gasteiger partial charge in [0.2, 0.25) is 0 Å². The summed E-state index contributed by atoms with van der Waals surface area (Å²) >= 11 is 0. The highest BCUT2D eigenvalue weighted by molar-refractivity contribution is 5.81. The number of rotatable bonds is 3. The average Bonchev–Trinajstić information content (AvgIpc) is 3.04. The molecule has 1 atom stereocenters. The van der Waals surface area contributed by atoms with E-state index in [0.717, 1.165) is 16.6 Å². The van der Waals surface area contributed by atoms with Crippen molar-refractivity contribution in [3.05, 3.63) is 36.0 Å². The first-order chi connectivity index (χ1) is 12.4. The van der Waals surface area contributed by atoms with Gasteiger partial charge in [0, 0.05) is 44.4 Å². The minimum absolute atomic E-state index is 0.369. The van der Waals surface area contributed by atoms with Gasteiger partial charge in [0.1, 0.15) is 6.04 Å². The highest BCUT2D eigenvalue weighted by Gasteiger charge is 2.41. The van der Waals surface area contributed by atoms with Crippen LogP contribution in [-0.2, 0) is 6.54 Å². The van der Waals surface area contributed by atoms with Crippen molar-refractivity contribution < 1.29 is 13.2 Å². The van der Waals surface area contributed by atoms with Crippen LogP contribution in [0.3, 0.4) is 0 Å². The molecular weight excluding hydrogens is 343 g/mol. The Morgan fingerprint density at radius 1 is 1.23 bits per heavy atom. The lowest BCUT2D eigenvalue weighted by Crippen LogP contribution is -2.56. The number of fused-ring (bicyclic) bond motifs is 1. The van der Waals surface area contributed by atoms with Gasteiger partial charge >= 0.3 is 6.18 Å². The van der Waals surface area contributed by atoms with E-state index in [4.69, 9.17) is 0 Å². The molecule has 0 saturated carbocycles. The Morgan fingerprint density at radius 3 is 2.54 bits per heavy atom. The van der Waals surface area contributed by atoms with Gasteiger partial charge in [-0.2, -0.15) is 13.2 Å². The van der Waals surface area contributed by atoms with Crippen molar-refractivity contribution in [3.8, 4) is 0 Å². The predicted octanol–water partition coefficient (Wildman–Crippen LogP) is 2.81. The minimum Gasteiger partial charge on any atom is -0.357 e. The summed E-state index contributed by atoms with van der Waals surface area (Å²) in [5, 5.41) is 4.44. The molecule has 8 heteroatoms. The number of guanidine groups is 1. The Hall–Kier alpha value is -2.22. The van der Waals surface area contributed by atoms with Gasteiger partial charge in [-0.1, -0.05) is 18.2 Å². The third-order valence-corrected chi connectivity index (χ3v) is 4.87. The molecule has 0 amide bonds. The van der Waals surface area contributed by atoms with Gasteiger partial charge in [-0.3, -0.25) is 9.89 Å². The van der Waals surface area contributed by atoms with Crippen molar-refractivity contribution in [1.82, 2.24) is 20.1 Å². The number of alkyl halides is 3. The van der Waals surface area contributed by atoms with E-state index < -0.39 is 12.2 Å². The molecule has 0 radical (unpaired) electrons. The number of hydrogen-bond donors (Lipinski definition) is 2. The summed E-state index contributed by atoms with van der Waals surface area (Å²) in [6.07, 6.45) is -4.18. The van der Waals surface area contributed by atoms with Gasteiger partial charge in [-0.15, -0.1) is 0 Å². The van der Waals surface area contributed by atoms with Crippen molar-refractivity contribution in [3.63, 3.8) is 0 Å². The maximum atomic E-state index is 12.9. The standard InChI is InChI=1S/C18H24F3N5/c1-13(18(19,20)21)25-7-9-26(10-8-25)17(22-2)23-12-15-11-14-5-3-4-6-16(14)24-15/h3-6,11,13,24H,7-10,12H2,1-2H3,(H,22,23). The van der Waals surface area contributed by atoms with E-state index in [0.29, 0.717) is 38.7 Å². The normalized spacial score (nSPS) is 18.3. The molecule has 3 rings (SSSR count). The number of nitrogens with zero attached hydrogens (tertiary/aromatic N) is 3. The lowest BCUT2D eigenvalue weighted by molar-refractivity contribution is -0.181. The van der Waals surface area contributed by atoms with Crippen LogP contribution >= 0.6 is 0 Å². The van der Waals surface area contributed by atoms with E-state index in [1.165, 1.54) is 11.8 Å². The molecule has 2 heterocycles. The summed E-state index contributed by atoms with van der Waals surface area (Å²) in [6, 6.07) is 8.72. The number of benzene rings is 1. The van der Waals surface area contributed by atoms with Crippen LogP contribution in [-0.4, -0.2) is 66.2 Å². The van der Waals surface area contributed by atoms with Gasteiger partial charge in [-0.25, -0.2) is 0 Å². The van der Waals surface area contributed by atoms with Crippen LogP contribution < -0.4 is 5.32 Å². The Balaban J connectivity index is 1.55. The van der Waals surface area contributed by atoms with Crippen molar-refractivity contribution in [1.29, 1.82) is 0 Å². The molecule has 1 fully saturated rings. The van der Waals surface area contributed by atoms with E-state index in [-0.39, 0.29) is 0 Å². The molecule has 1 unspecified atom stereocenters. The van der Waals surface area contributed by atoms with Gasteiger partial charge in [-0.05, 0) is 24.4 Å². The molecule has 2 aromatic rings. The number of para-hydroxylation sites is 1. The molecule has 2 N–H and O–H groups in total. The van der Waals surface area contributed by atoms with E-state index in [9.17, 15) is 13.2 Å². The fourth-order valence-corrected chi connectivity index (χ4v) is 3.26. The molecular formula is C18H24F3N5. The first-order valence-corrected chi connectivity index (χ1v) is 8.71. The maximum Gasteiger partial charge on any atom is 0.403 e. The maximum absolute atomic E-state index is 12.9. The largest absolute Gasteiger partial charge is 0.403 e. The quantitative estimate of drug-likeness (QED) is 0.648. The van der Waals surface area contributed by atoms with Crippen molar-refractivity contribution in [2.24, 2.45) is 4.99 Å². The second-order valence-electron chi connectivity index (χ2n) is 6.52. The fraction of sp³-hybridized carbons (Fsp3) is 0.500. The number of aliphatic imine (C=N–C) groups is 1.